The van der Waals surface area contributed by atoms with Crippen LogP contribution in [0, 0.1) is 11.6 Å². The number of halogens is 2. The Morgan fingerprint density at radius 3 is 2.26 bits per heavy atom. The molecule has 1 aliphatic heterocycles. The summed E-state index contributed by atoms with van der Waals surface area (Å²) in [6, 6.07) is 14.2. The quantitative estimate of drug-likeness (QED) is 0.197. The van der Waals surface area contributed by atoms with Crippen LogP contribution in [0.3, 0.4) is 0 Å². The molecule has 1 aliphatic rings. The van der Waals surface area contributed by atoms with Crippen molar-refractivity contribution in [1.82, 2.24) is 9.80 Å². The molecule has 0 atom stereocenters. The van der Waals surface area contributed by atoms with Crippen LogP contribution >= 0.6 is 11.8 Å². The van der Waals surface area contributed by atoms with E-state index < -0.39 is 23.6 Å². The zero-order valence-electron chi connectivity index (χ0n) is 21.4. The number of piperidine rings is 1. The number of nitrogens with zero attached hydrogens (tertiary/aromatic N) is 3. The largest absolute Gasteiger partial charge is 0.493 e. The van der Waals surface area contributed by atoms with Crippen molar-refractivity contribution < 1.29 is 33.3 Å². The molecule has 1 fully saturated rings. The van der Waals surface area contributed by atoms with E-state index in [0.717, 1.165) is 61.9 Å². The topological polar surface area (TPSA) is 103 Å². The summed E-state index contributed by atoms with van der Waals surface area (Å²) in [6.45, 7) is 3.50. The van der Waals surface area contributed by atoms with Crippen LogP contribution in [0.25, 0.3) is 0 Å². The van der Waals surface area contributed by atoms with Crippen molar-refractivity contribution in [2.75, 3.05) is 39.5 Å². The third-order valence-electron chi connectivity index (χ3n) is 5.72. The first-order valence-electron chi connectivity index (χ1n) is 12.0. The minimum Gasteiger partial charge on any atom is -0.493 e. The first-order chi connectivity index (χ1) is 18.2. The second-order valence-electron chi connectivity index (χ2n) is 8.41. The van der Waals surface area contributed by atoms with E-state index >= 15 is 0 Å². The fraction of sp³-hybridized carbons (Fsp3) is 0.370. The summed E-state index contributed by atoms with van der Waals surface area (Å²) < 4.78 is 31.7. The summed E-state index contributed by atoms with van der Waals surface area (Å²) in [7, 11) is 2.13. The molecule has 1 heterocycles. The maximum absolute atomic E-state index is 13.2. The predicted octanol–water partition coefficient (Wildman–Crippen LogP) is 4.89. The molecule has 0 amide bonds. The van der Waals surface area contributed by atoms with Gasteiger partial charge in [-0.3, -0.25) is 0 Å². The number of hydrogen-bond acceptors (Lipinski definition) is 6. The lowest BCUT2D eigenvalue weighted by atomic mass is 10.0. The summed E-state index contributed by atoms with van der Waals surface area (Å²) in [4.78, 5) is 28.6. The molecule has 0 saturated carbocycles. The SMILES string of the molecule is CSC(=Nc1ccccc1)N(C)C1CCN(CCCOc2ccc(F)c(F)c2)CC1.O=C(O)/C=C/C(=O)O. The molecule has 0 bridgehead atoms. The molecule has 0 aromatic heterocycles. The van der Waals surface area contributed by atoms with Gasteiger partial charge in [0.15, 0.2) is 16.8 Å². The maximum atomic E-state index is 13.2. The zero-order chi connectivity index (χ0) is 27.9. The van der Waals surface area contributed by atoms with E-state index in [4.69, 9.17) is 19.9 Å². The second-order valence-corrected chi connectivity index (χ2v) is 9.18. The van der Waals surface area contributed by atoms with Gasteiger partial charge in [0.05, 0.1) is 12.3 Å². The van der Waals surface area contributed by atoms with Crippen LogP contribution in [0.4, 0.5) is 14.5 Å². The fourth-order valence-corrected chi connectivity index (χ4v) is 4.39. The monoisotopic (exact) mass is 549 g/mol. The third kappa shape index (κ3) is 11.3. The van der Waals surface area contributed by atoms with Crippen LogP contribution in [0.15, 0.2) is 65.7 Å². The molecule has 206 valence electrons. The lowest BCUT2D eigenvalue weighted by Gasteiger charge is -2.37. The smallest absolute Gasteiger partial charge is 0.328 e. The lowest BCUT2D eigenvalue weighted by molar-refractivity contribution is -0.134. The van der Waals surface area contributed by atoms with Gasteiger partial charge >= 0.3 is 11.9 Å². The summed E-state index contributed by atoms with van der Waals surface area (Å²) in [5, 5.41) is 16.7. The lowest BCUT2D eigenvalue weighted by Crippen LogP contribution is -2.45. The minimum atomic E-state index is -1.26. The molecular weight excluding hydrogens is 516 g/mol. The number of aliphatic imine (C=N–C) groups is 1. The number of carbonyl (C=O) groups is 2. The zero-order valence-corrected chi connectivity index (χ0v) is 22.2. The van der Waals surface area contributed by atoms with Crippen LogP contribution in [-0.2, 0) is 9.59 Å². The normalized spacial score (nSPS) is 14.6. The Bertz CT molecular complexity index is 1080. The Balaban J connectivity index is 0.000000550. The van der Waals surface area contributed by atoms with Gasteiger partial charge in [0, 0.05) is 50.9 Å². The predicted molar refractivity (Wildman–Crippen MR) is 145 cm³/mol. The van der Waals surface area contributed by atoms with E-state index in [2.05, 4.69) is 23.1 Å². The van der Waals surface area contributed by atoms with Crippen LogP contribution in [-0.4, -0.2) is 82.7 Å². The number of benzene rings is 2. The van der Waals surface area contributed by atoms with Crippen molar-refractivity contribution in [1.29, 1.82) is 0 Å². The van der Waals surface area contributed by atoms with Crippen molar-refractivity contribution in [3.05, 3.63) is 72.3 Å². The van der Waals surface area contributed by atoms with Crippen molar-refractivity contribution >= 4 is 34.6 Å². The molecule has 0 aliphatic carbocycles. The van der Waals surface area contributed by atoms with Gasteiger partial charge in [0.2, 0.25) is 0 Å². The van der Waals surface area contributed by atoms with E-state index in [1.54, 1.807) is 11.8 Å². The van der Waals surface area contributed by atoms with Gasteiger partial charge in [-0.1, -0.05) is 30.0 Å². The van der Waals surface area contributed by atoms with E-state index in [1.807, 2.05) is 30.3 Å². The summed E-state index contributed by atoms with van der Waals surface area (Å²) in [6.07, 6.45) is 6.22. The Kier molecular flexibility index (Phi) is 13.3. The van der Waals surface area contributed by atoms with Crippen molar-refractivity contribution in [3.8, 4) is 5.75 Å². The molecule has 0 spiro atoms. The Morgan fingerprint density at radius 2 is 1.71 bits per heavy atom. The highest BCUT2D eigenvalue weighted by Crippen LogP contribution is 2.22. The maximum Gasteiger partial charge on any atom is 0.328 e. The van der Waals surface area contributed by atoms with Gasteiger partial charge in [-0.25, -0.2) is 23.4 Å². The highest BCUT2D eigenvalue weighted by molar-refractivity contribution is 8.13. The number of para-hydroxylation sites is 1. The van der Waals surface area contributed by atoms with Gasteiger partial charge in [-0.05, 0) is 49.8 Å². The molecule has 0 radical (unpaired) electrons. The number of carboxylic acid groups (broad SMARTS) is 2. The number of likely N-dealkylation sites (tertiary alicyclic amines) is 1. The fourth-order valence-electron chi connectivity index (χ4n) is 3.76. The molecular formula is C27H33F2N3O5S. The highest BCUT2D eigenvalue weighted by Gasteiger charge is 2.24. The van der Waals surface area contributed by atoms with Crippen LogP contribution in [0.5, 0.6) is 5.75 Å². The average molecular weight is 550 g/mol. The standard InChI is InChI=1S/C23H29F2N3OS.C4H4O4/c1-27(23(30-2)26-18-7-4-3-5-8-18)19-11-14-28(15-12-19)13-6-16-29-20-9-10-21(24)22(25)17-20;5-3(6)1-2-4(7)8/h3-5,7-10,17,19H,6,11-16H2,1-2H3;1-2H,(H,5,6)(H,7,8)/b;2-1+. The van der Waals surface area contributed by atoms with Crippen molar-refractivity contribution in [2.24, 2.45) is 4.99 Å². The van der Waals surface area contributed by atoms with Gasteiger partial charge in [0.1, 0.15) is 5.75 Å². The number of aliphatic carboxylic acids is 2. The van der Waals surface area contributed by atoms with Gasteiger partial charge in [-0.15, -0.1) is 0 Å². The molecule has 2 aromatic carbocycles. The van der Waals surface area contributed by atoms with Gasteiger partial charge in [0.25, 0.3) is 0 Å². The summed E-state index contributed by atoms with van der Waals surface area (Å²) >= 11 is 1.68. The van der Waals surface area contributed by atoms with E-state index in [-0.39, 0.29) is 0 Å². The van der Waals surface area contributed by atoms with Gasteiger partial charge < -0.3 is 24.7 Å². The molecule has 3 rings (SSSR count). The van der Waals surface area contributed by atoms with Gasteiger partial charge in [-0.2, -0.15) is 0 Å². The number of amidine groups is 1. The first-order valence-corrected chi connectivity index (χ1v) is 13.3. The van der Waals surface area contributed by atoms with Crippen LogP contribution < -0.4 is 4.74 Å². The molecule has 2 N–H and O–H groups in total. The molecule has 8 nitrogen and oxygen atoms in total. The molecule has 38 heavy (non-hydrogen) atoms. The molecule has 1 saturated heterocycles. The summed E-state index contributed by atoms with van der Waals surface area (Å²) in [5.74, 6) is -3.87. The molecule has 2 aromatic rings. The van der Waals surface area contributed by atoms with E-state index in [0.29, 0.717) is 30.6 Å². The van der Waals surface area contributed by atoms with E-state index in [1.165, 1.54) is 6.07 Å². The number of thioether (sulfide) groups is 1. The number of rotatable bonds is 9. The summed E-state index contributed by atoms with van der Waals surface area (Å²) in [5.41, 5.74) is 0.979. The molecule has 11 heteroatoms. The Labute approximate surface area is 225 Å². The van der Waals surface area contributed by atoms with Crippen molar-refractivity contribution in [2.45, 2.75) is 25.3 Å². The minimum absolute atomic E-state index is 0.372. The molecule has 0 unspecified atom stereocenters. The van der Waals surface area contributed by atoms with E-state index in [9.17, 15) is 18.4 Å². The van der Waals surface area contributed by atoms with Crippen LogP contribution in [0.1, 0.15) is 19.3 Å². The number of ether oxygens (including phenoxy) is 1. The average Bonchev–Trinajstić information content (AvgIpc) is 2.91. The van der Waals surface area contributed by atoms with Crippen molar-refractivity contribution in [3.63, 3.8) is 0 Å². The third-order valence-corrected chi connectivity index (χ3v) is 6.46. The number of carboxylic acids is 2. The second kappa shape index (κ2) is 16.4. The van der Waals surface area contributed by atoms with Crippen LogP contribution in [0.2, 0.25) is 0 Å². The number of hydrogen-bond donors (Lipinski definition) is 2. The first kappa shape index (κ1) is 30.8. The Hall–Kier alpha value is -3.44. The Morgan fingerprint density at radius 1 is 1.08 bits per heavy atom. The highest BCUT2D eigenvalue weighted by atomic mass is 32.2.